The number of nitrogens with one attached hydrogen (secondary N) is 1. The number of Topliss-reactive ketones (excluding diaryl/α,β-unsaturated/α-hetero) is 1. The van der Waals surface area contributed by atoms with Gasteiger partial charge in [-0.3, -0.25) is 9.59 Å². The first-order chi connectivity index (χ1) is 14.6. The zero-order valence-electron chi connectivity index (χ0n) is 17.0. The van der Waals surface area contributed by atoms with Crippen LogP contribution in [-0.2, 0) is 11.3 Å². The van der Waals surface area contributed by atoms with Crippen LogP contribution in [0, 0.1) is 0 Å². The number of benzene rings is 2. The molecule has 1 amide bonds. The van der Waals surface area contributed by atoms with Crippen molar-refractivity contribution in [3.05, 3.63) is 71.5 Å². The molecule has 0 radical (unpaired) electrons. The largest absolute Gasteiger partial charge is 0.325 e. The smallest absolute Gasteiger partial charge is 0.234 e. The van der Waals surface area contributed by atoms with E-state index in [0.29, 0.717) is 23.1 Å². The fourth-order valence-corrected chi connectivity index (χ4v) is 4.48. The summed E-state index contributed by atoms with van der Waals surface area (Å²) in [5.74, 6) is 1.95. The van der Waals surface area contributed by atoms with Gasteiger partial charge in [0.1, 0.15) is 5.82 Å². The highest BCUT2D eigenvalue weighted by Crippen LogP contribution is 2.54. The summed E-state index contributed by atoms with van der Waals surface area (Å²) < 4.78 is 2.11. The van der Waals surface area contributed by atoms with Gasteiger partial charge in [-0.1, -0.05) is 54.2 Å². The lowest BCUT2D eigenvalue weighted by molar-refractivity contribution is -0.113. The first-order valence-electron chi connectivity index (χ1n) is 10.1. The first-order valence-corrected chi connectivity index (χ1v) is 11.1. The molecular weight excluding hydrogens is 396 g/mol. The highest BCUT2D eigenvalue weighted by atomic mass is 32.2. The molecule has 2 aromatic carbocycles. The predicted octanol–water partition coefficient (Wildman–Crippen LogP) is 4.50. The second kappa shape index (κ2) is 8.83. The minimum absolute atomic E-state index is 0.0297. The Hall–Kier alpha value is -2.93. The molecule has 1 fully saturated rings. The number of amides is 1. The van der Waals surface area contributed by atoms with E-state index in [1.807, 2.05) is 6.07 Å². The second-order valence-corrected chi connectivity index (χ2v) is 8.36. The Morgan fingerprint density at radius 2 is 1.90 bits per heavy atom. The van der Waals surface area contributed by atoms with E-state index < -0.39 is 0 Å². The molecule has 0 bridgehead atoms. The number of carbonyl (C=O) groups is 2. The van der Waals surface area contributed by atoms with Gasteiger partial charge in [0.2, 0.25) is 5.91 Å². The van der Waals surface area contributed by atoms with Crippen LogP contribution in [0.2, 0.25) is 0 Å². The molecule has 7 heteroatoms. The van der Waals surface area contributed by atoms with Gasteiger partial charge in [0, 0.05) is 23.7 Å². The fourth-order valence-electron chi connectivity index (χ4n) is 3.67. The second-order valence-electron chi connectivity index (χ2n) is 7.42. The average Bonchev–Trinajstić information content (AvgIpc) is 3.45. The topological polar surface area (TPSA) is 76.9 Å². The molecule has 30 heavy (non-hydrogen) atoms. The maximum atomic E-state index is 12.4. The Morgan fingerprint density at radius 1 is 1.10 bits per heavy atom. The van der Waals surface area contributed by atoms with Crippen molar-refractivity contribution in [2.75, 3.05) is 11.1 Å². The van der Waals surface area contributed by atoms with E-state index in [4.69, 9.17) is 0 Å². The molecule has 3 aromatic rings. The maximum absolute atomic E-state index is 12.4. The molecule has 2 unspecified atom stereocenters. The molecule has 6 nitrogen and oxygen atoms in total. The van der Waals surface area contributed by atoms with Crippen LogP contribution in [0.15, 0.2) is 59.8 Å². The molecule has 0 spiro atoms. The Labute approximate surface area is 180 Å². The minimum Gasteiger partial charge on any atom is -0.325 e. The van der Waals surface area contributed by atoms with Crippen LogP contribution in [0.3, 0.4) is 0 Å². The summed E-state index contributed by atoms with van der Waals surface area (Å²) in [4.78, 5) is 23.9. The quantitative estimate of drug-likeness (QED) is 0.429. The fraction of sp³-hybridized carbons (Fsp3) is 0.304. The number of anilines is 1. The summed E-state index contributed by atoms with van der Waals surface area (Å²) in [6.45, 7) is 4.35. The van der Waals surface area contributed by atoms with Crippen LogP contribution in [0.5, 0.6) is 0 Å². The molecule has 1 heterocycles. The lowest BCUT2D eigenvalue weighted by Crippen LogP contribution is -2.15. The number of ketones is 1. The van der Waals surface area contributed by atoms with Crippen molar-refractivity contribution in [1.29, 1.82) is 0 Å². The van der Waals surface area contributed by atoms with Crippen molar-refractivity contribution in [3.63, 3.8) is 0 Å². The lowest BCUT2D eigenvalue weighted by Gasteiger charge is -2.08. The molecule has 1 N–H and O–H groups in total. The third-order valence-electron chi connectivity index (χ3n) is 5.30. The van der Waals surface area contributed by atoms with Gasteiger partial charge in [0.25, 0.3) is 0 Å². The van der Waals surface area contributed by atoms with Gasteiger partial charge >= 0.3 is 0 Å². The van der Waals surface area contributed by atoms with Crippen LogP contribution < -0.4 is 5.32 Å². The highest BCUT2D eigenvalue weighted by Gasteiger charge is 2.43. The zero-order chi connectivity index (χ0) is 21.1. The summed E-state index contributed by atoms with van der Waals surface area (Å²) in [6, 6.07) is 17.5. The van der Waals surface area contributed by atoms with Crippen molar-refractivity contribution >= 4 is 29.1 Å². The third-order valence-corrected chi connectivity index (χ3v) is 6.26. The predicted molar refractivity (Wildman–Crippen MR) is 118 cm³/mol. The van der Waals surface area contributed by atoms with Crippen LogP contribution >= 0.6 is 11.8 Å². The molecule has 0 aliphatic heterocycles. The number of nitrogens with zero attached hydrogens (tertiary/aromatic N) is 3. The number of rotatable bonds is 8. The van der Waals surface area contributed by atoms with Crippen molar-refractivity contribution in [2.24, 2.45) is 0 Å². The Bertz CT molecular complexity index is 1060. The number of hydrogen-bond donors (Lipinski definition) is 1. The number of hydrogen-bond acceptors (Lipinski definition) is 5. The monoisotopic (exact) mass is 420 g/mol. The van der Waals surface area contributed by atoms with E-state index in [1.54, 1.807) is 24.3 Å². The molecule has 1 aliphatic carbocycles. The molecular formula is C23H24N4O2S. The van der Waals surface area contributed by atoms with Gasteiger partial charge in [-0.25, -0.2) is 0 Å². The summed E-state index contributed by atoms with van der Waals surface area (Å²) in [5.41, 5.74) is 2.54. The van der Waals surface area contributed by atoms with Crippen molar-refractivity contribution in [2.45, 2.75) is 43.8 Å². The number of thioether (sulfide) groups is 1. The molecule has 154 valence electrons. The number of aromatic nitrogens is 3. The lowest BCUT2D eigenvalue weighted by atomic mass is 10.1. The molecule has 4 rings (SSSR count). The van der Waals surface area contributed by atoms with Gasteiger partial charge in [-0.2, -0.15) is 0 Å². The Balaban J connectivity index is 1.38. The van der Waals surface area contributed by atoms with E-state index in [0.717, 1.165) is 23.9 Å². The Morgan fingerprint density at radius 3 is 2.63 bits per heavy atom. The summed E-state index contributed by atoms with van der Waals surface area (Å²) >= 11 is 1.38. The normalized spacial score (nSPS) is 17.5. The standard InChI is InChI=1S/C23H24N4O2S/c1-3-27-22(20-13-19(20)16-8-5-4-6-9-16)25-26-23(27)30-14-21(29)24-18-11-7-10-17(12-18)15(2)28/h4-12,19-20H,3,13-14H2,1-2H3,(H,24,29). The highest BCUT2D eigenvalue weighted by molar-refractivity contribution is 7.99. The Kier molecular flexibility index (Phi) is 5.99. The summed E-state index contributed by atoms with van der Waals surface area (Å²) in [5, 5.41) is 12.4. The van der Waals surface area contributed by atoms with E-state index in [1.165, 1.54) is 24.2 Å². The van der Waals surface area contributed by atoms with Crippen LogP contribution in [-0.4, -0.2) is 32.2 Å². The van der Waals surface area contributed by atoms with Gasteiger partial charge in [0.05, 0.1) is 5.75 Å². The van der Waals surface area contributed by atoms with Crippen LogP contribution in [0.4, 0.5) is 5.69 Å². The minimum atomic E-state index is -0.138. The van der Waals surface area contributed by atoms with Gasteiger partial charge in [-0.15, -0.1) is 10.2 Å². The van der Waals surface area contributed by atoms with Crippen molar-refractivity contribution < 1.29 is 9.59 Å². The van der Waals surface area contributed by atoms with E-state index >= 15 is 0 Å². The van der Waals surface area contributed by atoms with E-state index in [2.05, 4.69) is 51.3 Å². The molecule has 1 saturated carbocycles. The summed E-state index contributed by atoms with van der Waals surface area (Å²) in [6.07, 6.45) is 1.08. The van der Waals surface area contributed by atoms with Crippen LogP contribution in [0.25, 0.3) is 0 Å². The van der Waals surface area contributed by atoms with Crippen molar-refractivity contribution in [1.82, 2.24) is 14.8 Å². The zero-order valence-corrected chi connectivity index (χ0v) is 17.9. The molecule has 1 aliphatic rings. The van der Waals surface area contributed by atoms with Gasteiger partial charge < -0.3 is 9.88 Å². The van der Waals surface area contributed by atoms with E-state index in [9.17, 15) is 9.59 Å². The van der Waals surface area contributed by atoms with Crippen molar-refractivity contribution in [3.8, 4) is 0 Å². The maximum Gasteiger partial charge on any atom is 0.234 e. The van der Waals surface area contributed by atoms with Crippen LogP contribution in [0.1, 0.15) is 53.8 Å². The summed E-state index contributed by atoms with van der Waals surface area (Å²) in [7, 11) is 0. The van der Waals surface area contributed by atoms with Gasteiger partial charge in [-0.05, 0) is 43.9 Å². The SMILES string of the molecule is CCn1c(SCC(=O)Nc2cccc(C(C)=O)c2)nnc1C1CC1c1ccccc1. The molecule has 1 aromatic heterocycles. The average molecular weight is 421 g/mol. The first kappa shape index (κ1) is 20.3. The molecule has 0 saturated heterocycles. The van der Waals surface area contributed by atoms with E-state index in [-0.39, 0.29) is 17.4 Å². The van der Waals surface area contributed by atoms with Gasteiger partial charge in [0.15, 0.2) is 10.9 Å². The molecule has 2 atom stereocenters. The number of carbonyl (C=O) groups excluding carboxylic acids is 2. The third kappa shape index (κ3) is 4.46.